The molecule has 0 radical (unpaired) electrons. The van der Waals surface area contributed by atoms with Crippen LogP contribution >= 0.6 is 0 Å². The first-order chi connectivity index (χ1) is 9.16. The van der Waals surface area contributed by atoms with Crippen LogP contribution in [0.3, 0.4) is 0 Å². The zero-order valence-corrected chi connectivity index (χ0v) is 10.9. The van der Waals surface area contributed by atoms with Crippen molar-refractivity contribution in [3.8, 4) is 0 Å². The Balaban J connectivity index is 1.95. The first-order valence-corrected chi connectivity index (χ1v) is 6.80. The van der Waals surface area contributed by atoms with E-state index in [0.717, 1.165) is 12.8 Å². The summed E-state index contributed by atoms with van der Waals surface area (Å²) in [7, 11) is 0. The van der Waals surface area contributed by atoms with Crippen LogP contribution in [0, 0.1) is 5.82 Å². The third-order valence-corrected chi connectivity index (χ3v) is 3.55. The summed E-state index contributed by atoms with van der Waals surface area (Å²) in [5.41, 5.74) is 0.421. The summed E-state index contributed by atoms with van der Waals surface area (Å²) >= 11 is 0. The van der Waals surface area contributed by atoms with Gasteiger partial charge in [0.25, 0.3) is 0 Å². The Morgan fingerprint density at radius 2 is 1.95 bits per heavy atom. The second kappa shape index (κ2) is 6.66. The molecule has 0 unspecified atom stereocenters. The smallest absolute Gasteiger partial charge is 0.338 e. The van der Waals surface area contributed by atoms with Gasteiger partial charge in [-0.15, -0.1) is 0 Å². The van der Waals surface area contributed by atoms with Crippen LogP contribution in [0.1, 0.15) is 54.4 Å². The van der Waals surface area contributed by atoms with Gasteiger partial charge in [-0.1, -0.05) is 31.7 Å². The predicted octanol–water partition coefficient (Wildman–Crippen LogP) is 3.76. The summed E-state index contributed by atoms with van der Waals surface area (Å²) in [6.45, 7) is 0.352. The molecule has 1 aromatic rings. The Labute approximate surface area is 112 Å². The lowest BCUT2D eigenvalue weighted by atomic mass is 10.1. The molecule has 1 N–H and O–H groups in total. The van der Waals surface area contributed by atoms with E-state index in [0.29, 0.717) is 12.2 Å². The molecule has 0 saturated heterocycles. The van der Waals surface area contributed by atoms with E-state index in [1.807, 2.05) is 0 Å². The number of hydrogen-bond donors (Lipinski definition) is 1. The quantitative estimate of drug-likeness (QED) is 0.844. The van der Waals surface area contributed by atoms with Crippen molar-refractivity contribution < 1.29 is 19.0 Å². The number of carboxylic acid groups (broad SMARTS) is 1. The third kappa shape index (κ3) is 4.03. The van der Waals surface area contributed by atoms with E-state index in [9.17, 15) is 9.18 Å². The zero-order valence-electron chi connectivity index (χ0n) is 10.9. The maximum atomic E-state index is 13.2. The van der Waals surface area contributed by atoms with E-state index in [1.54, 1.807) is 6.07 Å². The molecule has 19 heavy (non-hydrogen) atoms. The highest BCUT2D eigenvalue weighted by atomic mass is 19.1. The molecule has 0 bridgehead atoms. The summed E-state index contributed by atoms with van der Waals surface area (Å²) in [6.07, 6.45) is 7.28. The molecule has 1 aliphatic rings. The number of carbonyl (C=O) groups is 1. The van der Waals surface area contributed by atoms with Crippen LogP contribution in [-0.2, 0) is 11.3 Å². The van der Waals surface area contributed by atoms with Crippen LogP contribution in [0.15, 0.2) is 18.2 Å². The fourth-order valence-corrected chi connectivity index (χ4v) is 2.45. The Morgan fingerprint density at radius 1 is 1.26 bits per heavy atom. The van der Waals surface area contributed by atoms with Gasteiger partial charge >= 0.3 is 5.97 Å². The van der Waals surface area contributed by atoms with Crippen molar-refractivity contribution in [1.29, 1.82) is 0 Å². The van der Waals surface area contributed by atoms with Crippen molar-refractivity contribution in [2.45, 2.75) is 51.2 Å². The standard InChI is InChI=1S/C15H19FO3/c16-14-8-7-11(9-13(14)15(17)18)10-19-12-5-3-1-2-4-6-12/h7-9,12H,1-6,10H2,(H,17,18). The predicted molar refractivity (Wildman–Crippen MR) is 69.6 cm³/mol. The van der Waals surface area contributed by atoms with E-state index in [-0.39, 0.29) is 11.7 Å². The minimum Gasteiger partial charge on any atom is -0.478 e. The van der Waals surface area contributed by atoms with Gasteiger partial charge in [0.15, 0.2) is 0 Å². The Hall–Kier alpha value is -1.42. The molecule has 104 valence electrons. The van der Waals surface area contributed by atoms with E-state index >= 15 is 0 Å². The Kier molecular flexibility index (Phi) is 4.91. The topological polar surface area (TPSA) is 46.5 Å². The average molecular weight is 266 g/mol. The van der Waals surface area contributed by atoms with Gasteiger partial charge in [0, 0.05) is 0 Å². The Morgan fingerprint density at radius 3 is 2.58 bits per heavy atom. The fourth-order valence-electron chi connectivity index (χ4n) is 2.45. The van der Waals surface area contributed by atoms with Crippen LogP contribution < -0.4 is 0 Å². The average Bonchev–Trinajstić information content (AvgIpc) is 2.66. The van der Waals surface area contributed by atoms with Gasteiger partial charge in [0.05, 0.1) is 18.3 Å². The summed E-state index contributed by atoms with van der Waals surface area (Å²) in [4.78, 5) is 10.8. The molecule has 3 nitrogen and oxygen atoms in total. The second-order valence-corrected chi connectivity index (χ2v) is 5.04. The van der Waals surface area contributed by atoms with Crippen molar-refractivity contribution in [2.24, 2.45) is 0 Å². The van der Waals surface area contributed by atoms with Crippen LogP contribution in [0.2, 0.25) is 0 Å². The maximum absolute atomic E-state index is 13.2. The van der Waals surface area contributed by atoms with Crippen LogP contribution in [-0.4, -0.2) is 17.2 Å². The summed E-state index contributed by atoms with van der Waals surface area (Å²) in [5, 5.41) is 8.86. The normalized spacial score (nSPS) is 17.1. The van der Waals surface area contributed by atoms with Crippen molar-refractivity contribution in [3.05, 3.63) is 35.1 Å². The number of halogens is 1. The summed E-state index contributed by atoms with van der Waals surface area (Å²) < 4.78 is 19.1. The van der Waals surface area contributed by atoms with Crippen molar-refractivity contribution in [2.75, 3.05) is 0 Å². The molecule has 4 heteroatoms. The zero-order chi connectivity index (χ0) is 13.7. The van der Waals surface area contributed by atoms with Crippen molar-refractivity contribution in [3.63, 3.8) is 0 Å². The number of aromatic carboxylic acids is 1. The molecule has 0 amide bonds. The lowest BCUT2D eigenvalue weighted by Gasteiger charge is -2.15. The van der Waals surface area contributed by atoms with Crippen molar-refractivity contribution >= 4 is 5.97 Å². The molecule has 0 aliphatic heterocycles. The molecule has 2 rings (SSSR count). The minimum atomic E-state index is -1.24. The monoisotopic (exact) mass is 266 g/mol. The number of hydrogen-bond acceptors (Lipinski definition) is 2. The molecule has 0 spiro atoms. The number of ether oxygens (including phenoxy) is 1. The third-order valence-electron chi connectivity index (χ3n) is 3.55. The largest absolute Gasteiger partial charge is 0.478 e. The molecule has 0 aromatic heterocycles. The lowest BCUT2D eigenvalue weighted by molar-refractivity contribution is 0.0309. The molecule has 1 fully saturated rings. The highest BCUT2D eigenvalue weighted by molar-refractivity contribution is 5.88. The summed E-state index contributed by atoms with van der Waals surface area (Å²) in [5.74, 6) is -1.94. The minimum absolute atomic E-state index is 0.251. The van der Waals surface area contributed by atoms with E-state index in [1.165, 1.54) is 37.8 Å². The second-order valence-electron chi connectivity index (χ2n) is 5.04. The van der Waals surface area contributed by atoms with Crippen LogP contribution in [0.25, 0.3) is 0 Å². The van der Waals surface area contributed by atoms with E-state index in [2.05, 4.69) is 0 Å². The number of benzene rings is 1. The lowest BCUT2D eigenvalue weighted by Crippen LogP contribution is -2.12. The molecular weight excluding hydrogens is 247 g/mol. The van der Waals surface area contributed by atoms with Crippen LogP contribution in [0.5, 0.6) is 0 Å². The highest BCUT2D eigenvalue weighted by Crippen LogP contribution is 2.21. The number of rotatable bonds is 4. The maximum Gasteiger partial charge on any atom is 0.338 e. The molecule has 1 aromatic carbocycles. The van der Waals surface area contributed by atoms with Gasteiger partial charge in [0.2, 0.25) is 0 Å². The molecule has 1 aliphatic carbocycles. The van der Waals surface area contributed by atoms with Gasteiger partial charge in [0.1, 0.15) is 5.82 Å². The highest BCUT2D eigenvalue weighted by Gasteiger charge is 2.14. The molecule has 0 heterocycles. The van der Waals surface area contributed by atoms with Gasteiger partial charge in [-0.25, -0.2) is 9.18 Å². The van der Waals surface area contributed by atoms with Gasteiger partial charge in [-0.2, -0.15) is 0 Å². The Bertz CT molecular complexity index is 437. The SMILES string of the molecule is O=C(O)c1cc(COC2CCCCCC2)ccc1F. The molecule has 0 atom stereocenters. The molecular formula is C15H19FO3. The van der Waals surface area contributed by atoms with Gasteiger partial charge in [-0.3, -0.25) is 0 Å². The fraction of sp³-hybridized carbons (Fsp3) is 0.533. The van der Waals surface area contributed by atoms with E-state index in [4.69, 9.17) is 9.84 Å². The number of carboxylic acids is 1. The van der Waals surface area contributed by atoms with Crippen molar-refractivity contribution in [1.82, 2.24) is 0 Å². The summed E-state index contributed by atoms with van der Waals surface area (Å²) in [6, 6.07) is 4.13. The van der Waals surface area contributed by atoms with Gasteiger partial charge in [-0.05, 0) is 30.5 Å². The molecule has 1 saturated carbocycles. The van der Waals surface area contributed by atoms with Crippen LogP contribution in [0.4, 0.5) is 4.39 Å². The first-order valence-electron chi connectivity index (χ1n) is 6.80. The van der Waals surface area contributed by atoms with E-state index < -0.39 is 11.8 Å². The van der Waals surface area contributed by atoms with Gasteiger partial charge < -0.3 is 9.84 Å². The first kappa shape index (κ1) is 14.0.